The van der Waals surface area contributed by atoms with Crippen molar-refractivity contribution in [1.82, 2.24) is 15.5 Å². The van der Waals surface area contributed by atoms with Crippen LogP contribution < -0.4 is 10.6 Å². The SMILES string of the molecule is CCNC(=NCC(C)(O)c1ccc(C)o1)NCCCCN1CCC(C)CC1.I. The molecule has 162 valence electrons. The molecule has 0 aliphatic carbocycles. The summed E-state index contributed by atoms with van der Waals surface area (Å²) in [7, 11) is 0. The predicted octanol–water partition coefficient (Wildman–Crippen LogP) is 3.48. The van der Waals surface area contributed by atoms with Crippen molar-refractivity contribution in [3.05, 3.63) is 23.7 Å². The Bertz CT molecular complexity index is 581. The molecule has 0 aromatic carbocycles. The number of rotatable bonds is 9. The quantitative estimate of drug-likeness (QED) is 0.207. The molecule has 0 saturated carbocycles. The second-order valence-electron chi connectivity index (χ2n) is 8.04. The van der Waals surface area contributed by atoms with Crippen molar-refractivity contribution >= 4 is 29.9 Å². The van der Waals surface area contributed by atoms with Crippen LogP contribution in [0.4, 0.5) is 0 Å². The summed E-state index contributed by atoms with van der Waals surface area (Å²) in [6.07, 6.45) is 4.99. The van der Waals surface area contributed by atoms with Crippen LogP contribution in [0.3, 0.4) is 0 Å². The van der Waals surface area contributed by atoms with Gasteiger partial charge in [-0.2, -0.15) is 0 Å². The van der Waals surface area contributed by atoms with Crippen LogP contribution in [0.2, 0.25) is 0 Å². The lowest BCUT2D eigenvalue weighted by Gasteiger charge is -2.30. The Balaban J connectivity index is 0.00000392. The summed E-state index contributed by atoms with van der Waals surface area (Å²) in [5.74, 6) is 2.98. The predicted molar refractivity (Wildman–Crippen MR) is 126 cm³/mol. The molecule has 7 heteroatoms. The molecule has 1 aromatic rings. The molecule has 6 nitrogen and oxygen atoms in total. The number of hydrogen-bond acceptors (Lipinski definition) is 4. The Morgan fingerprint density at radius 2 is 2.00 bits per heavy atom. The number of likely N-dealkylation sites (tertiary alicyclic amines) is 1. The molecule has 1 fully saturated rings. The Morgan fingerprint density at radius 1 is 1.29 bits per heavy atom. The maximum absolute atomic E-state index is 10.6. The topological polar surface area (TPSA) is 73.0 Å². The molecule has 28 heavy (non-hydrogen) atoms. The largest absolute Gasteiger partial charge is 0.463 e. The van der Waals surface area contributed by atoms with Gasteiger partial charge in [0, 0.05) is 13.1 Å². The van der Waals surface area contributed by atoms with Gasteiger partial charge in [0.15, 0.2) is 5.96 Å². The van der Waals surface area contributed by atoms with E-state index >= 15 is 0 Å². The van der Waals surface area contributed by atoms with Gasteiger partial charge in [-0.05, 0) is 84.1 Å². The number of nitrogens with zero attached hydrogens (tertiary/aromatic N) is 2. The lowest BCUT2D eigenvalue weighted by Crippen LogP contribution is -2.39. The summed E-state index contributed by atoms with van der Waals surface area (Å²) in [6, 6.07) is 3.67. The van der Waals surface area contributed by atoms with Gasteiger partial charge >= 0.3 is 0 Å². The van der Waals surface area contributed by atoms with Crippen LogP contribution >= 0.6 is 24.0 Å². The van der Waals surface area contributed by atoms with E-state index in [0.717, 1.165) is 37.1 Å². The maximum atomic E-state index is 10.6. The highest BCUT2D eigenvalue weighted by atomic mass is 127. The molecule has 2 rings (SSSR count). The number of guanidine groups is 1. The average Bonchev–Trinajstić information content (AvgIpc) is 3.08. The monoisotopic (exact) mass is 506 g/mol. The van der Waals surface area contributed by atoms with E-state index in [1.165, 1.54) is 38.9 Å². The smallest absolute Gasteiger partial charge is 0.191 e. The molecule has 0 spiro atoms. The van der Waals surface area contributed by atoms with Gasteiger partial charge in [0.05, 0.1) is 6.54 Å². The number of nitrogens with one attached hydrogen (secondary N) is 2. The summed E-state index contributed by atoms with van der Waals surface area (Å²) >= 11 is 0. The molecule has 1 unspecified atom stereocenters. The van der Waals surface area contributed by atoms with E-state index in [0.29, 0.717) is 5.76 Å². The second-order valence-corrected chi connectivity index (χ2v) is 8.04. The molecule has 1 atom stereocenters. The number of unbranched alkanes of at least 4 members (excludes halogenated alkanes) is 1. The Morgan fingerprint density at radius 3 is 2.61 bits per heavy atom. The molecule has 2 heterocycles. The van der Waals surface area contributed by atoms with Crippen LogP contribution in [0.15, 0.2) is 21.5 Å². The first-order valence-electron chi connectivity index (χ1n) is 10.4. The third kappa shape index (κ3) is 8.69. The van der Waals surface area contributed by atoms with Gasteiger partial charge in [-0.1, -0.05) is 6.92 Å². The van der Waals surface area contributed by atoms with Crippen LogP contribution in [-0.4, -0.2) is 55.2 Å². The molecule has 0 bridgehead atoms. The normalized spacial score (nSPS) is 18.4. The number of aryl methyl sites for hydroxylation is 1. The van der Waals surface area contributed by atoms with Gasteiger partial charge in [0.2, 0.25) is 0 Å². The van der Waals surface area contributed by atoms with E-state index < -0.39 is 5.60 Å². The third-order valence-electron chi connectivity index (χ3n) is 5.23. The highest BCUT2D eigenvalue weighted by molar-refractivity contribution is 14.0. The van der Waals surface area contributed by atoms with E-state index in [1.807, 2.05) is 26.0 Å². The number of furan rings is 1. The highest BCUT2D eigenvalue weighted by Crippen LogP contribution is 2.23. The zero-order chi connectivity index (χ0) is 19.7. The van der Waals surface area contributed by atoms with Crippen LogP contribution in [0.5, 0.6) is 0 Å². The number of aliphatic imine (C=N–C) groups is 1. The molecule has 1 saturated heterocycles. The van der Waals surface area contributed by atoms with Crippen molar-refractivity contribution in [2.24, 2.45) is 10.9 Å². The summed E-state index contributed by atoms with van der Waals surface area (Å²) in [4.78, 5) is 7.13. The second kappa shape index (κ2) is 12.7. The first-order chi connectivity index (χ1) is 12.9. The van der Waals surface area contributed by atoms with E-state index in [9.17, 15) is 5.11 Å². The zero-order valence-corrected chi connectivity index (χ0v) is 20.3. The van der Waals surface area contributed by atoms with Crippen LogP contribution in [-0.2, 0) is 5.60 Å². The van der Waals surface area contributed by atoms with Crippen molar-refractivity contribution in [2.75, 3.05) is 39.3 Å². The molecule has 1 aromatic heterocycles. The van der Waals surface area contributed by atoms with Crippen LogP contribution in [0.1, 0.15) is 58.0 Å². The minimum Gasteiger partial charge on any atom is -0.463 e. The van der Waals surface area contributed by atoms with Crippen molar-refractivity contribution in [3.63, 3.8) is 0 Å². The van der Waals surface area contributed by atoms with E-state index in [2.05, 4.69) is 27.4 Å². The Hall–Kier alpha value is -0.800. The maximum Gasteiger partial charge on any atom is 0.191 e. The van der Waals surface area contributed by atoms with E-state index in [1.54, 1.807) is 6.92 Å². The lowest BCUT2D eigenvalue weighted by molar-refractivity contribution is 0.0428. The third-order valence-corrected chi connectivity index (χ3v) is 5.23. The highest BCUT2D eigenvalue weighted by Gasteiger charge is 2.26. The van der Waals surface area contributed by atoms with Gasteiger partial charge in [0.1, 0.15) is 17.1 Å². The number of piperidine rings is 1. The molecule has 0 radical (unpaired) electrons. The van der Waals surface area contributed by atoms with Gasteiger partial charge in [-0.15, -0.1) is 24.0 Å². The Labute approximate surface area is 187 Å². The van der Waals surface area contributed by atoms with Crippen molar-refractivity contribution in [3.8, 4) is 0 Å². The minimum absolute atomic E-state index is 0. The summed E-state index contributed by atoms with van der Waals surface area (Å²) < 4.78 is 5.55. The Kier molecular flexibility index (Phi) is 11.4. The van der Waals surface area contributed by atoms with Gasteiger partial charge < -0.3 is 25.1 Å². The minimum atomic E-state index is -1.11. The molecule has 1 aliphatic heterocycles. The summed E-state index contributed by atoms with van der Waals surface area (Å²) in [5, 5.41) is 17.2. The first-order valence-corrected chi connectivity index (χ1v) is 10.4. The van der Waals surface area contributed by atoms with Gasteiger partial charge in [-0.25, -0.2) is 4.99 Å². The fraction of sp³-hybridized carbons (Fsp3) is 0.762. The molecular weight excluding hydrogens is 467 g/mol. The van der Waals surface area contributed by atoms with Crippen LogP contribution in [0, 0.1) is 12.8 Å². The fourth-order valence-corrected chi connectivity index (χ4v) is 3.33. The van der Waals surface area contributed by atoms with Gasteiger partial charge in [0.25, 0.3) is 0 Å². The van der Waals surface area contributed by atoms with Crippen molar-refractivity contribution < 1.29 is 9.52 Å². The standard InChI is InChI=1S/C21H38N4O2.HI/c1-5-22-20(24-16-21(4,26)19-9-8-18(3)27-19)23-12-6-7-13-25-14-10-17(2)11-15-25;/h8-9,17,26H,5-7,10-16H2,1-4H3,(H2,22,23,24);1H. The molecule has 0 amide bonds. The van der Waals surface area contributed by atoms with Crippen LogP contribution in [0.25, 0.3) is 0 Å². The van der Waals surface area contributed by atoms with Gasteiger partial charge in [-0.3, -0.25) is 0 Å². The zero-order valence-electron chi connectivity index (χ0n) is 18.0. The van der Waals surface area contributed by atoms with E-state index in [-0.39, 0.29) is 30.5 Å². The number of hydrogen-bond donors (Lipinski definition) is 3. The van der Waals surface area contributed by atoms with Crippen molar-refractivity contribution in [2.45, 2.75) is 59.0 Å². The fourth-order valence-electron chi connectivity index (χ4n) is 3.33. The average molecular weight is 506 g/mol. The molecule has 3 N–H and O–H groups in total. The van der Waals surface area contributed by atoms with Crippen molar-refractivity contribution in [1.29, 1.82) is 0 Å². The first kappa shape index (κ1) is 25.2. The van der Waals surface area contributed by atoms with E-state index in [4.69, 9.17) is 4.42 Å². The summed E-state index contributed by atoms with van der Waals surface area (Å²) in [5.41, 5.74) is -1.11. The molecular formula is C21H39IN4O2. The number of aliphatic hydroxyl groups is 1. The lowest BCUT2D eigenvalue weighted by atomic mass is 9.99. The summed E-state index contributed by atoms with van der Waals surface area (Å²) in [6.45, 7) is 13.6. The number of halogens is 1. The molecule has 1 aliphatic rings.